The Labute approximate surface area is 142 Å². The van der Waals surface area contributed by atoms with Crippen LogP contribution in [0.3, 0.4) is 0 Å². The van der Waals surface area contributed by atoms with Crippen molar-refractivity contribution in [2.24, 2.45) is 0 Å². The number of carbonyl (C=O) groups is 1. The van der Waals surface area contributed by atoms with Crippen molar-refractivity contribution in [1.82, 2.24) is 10.6 Å². The van der Waals surface area contributed by atoms with Gasteiger partial charge in [-0.2, -0.15) is 11.8 Å². The largest absolute Gasteiger partial charge is 0.390 e. The number of hydrogen-bond acceptors (Lipinski definition) is 3. The predicted molar refractivity (Wildman–Crippen MR) is 94.7 cm³/mol. The van der Waals surface area contributed by atoms with Crippen LogP contribution in [0.15, 0.2) is 24.3 Å². The number of rotatable bonds is 4. The molecule has 4 nitrogen and oxygen atoms in total. The first-order chi connectivity index (χ1) is 11.2. The maximum Gasteiger partial charge on any atom is 0.315 e. The van der Waals surface area contributed by atoms with Crippen molar-refractivity contribution in [3.63, 3.8) is 0 Å². The SMILES string of the molecule is CCSC1CCCCC1NC(=O)NC1c2ccccc2CC1O. The number of urea groups is 1. The fourth-order valence-electron chi connectivity index (χ4n) is 3.77. The molecule has 0 aliphatic heterocycles. The van der Waals surface area contributed by atoms with Crippen LogP contribution in [0.1, 0.15) is 49.8 Å². The van der Waals surface area contributed by atoms with E-state index in [0.29, 0.717) is 11.7 Å². The van der Waals surface area contributed by atoms with E-state index in [1.807, 2.05) is 36.0 Å². The van der Waals surface area contributed by atoms with Gasteiger partial charge >= 0.3 is 6.03 Å². The fraction of sp³-hybridized carbons (Fsp3) is 0.611. The van der Waals surface area contributed by atoms with Gasteiger partial charge in [-0.05, 0) is 29.7 Å². The zero-order valence-electron chi connectivity index (χ0n) is 13.6. The summed E-state index contributed by atoms with van der Waals surface area (Å²) < 4.78 is 0. The number of benzene rings is 1. The molecule has 0 radical (unpaired) electrons. The minimum absolute atomic E-state index is 0.153. The third kappa shape index (κ3) is 3.83. The van der Waals surface area contributed by atoms with Gasteiger partial charge in [0.25, 0.3) is 0 Å². The summed E-state index contributed by atoms with van der Waals surface area (Å²) >= 11 is 1.94. The molecule has 1 saturated carbocycles. The smallest absolute Gasteiger partial charge is 0.315 e. The summed E-state index contributed by atoms with van der Waals surface area (Å²) in [5.74, 6) is 1.08. The zero-order valence-corrected chi connectivity index (χ0v) is 14.4. The van der Waals surface area contributed by atoms with Crippen molar-refractivity contribution in [3.05, 3.63) is 35.4 Å². The highest BCUT2D eigenvalue weighted by atomic mass is 32.2. The van der Waals surface area contributed by atoms with Crippen LogP contribution < -0.4 is 10.6 Å². The van der Waals surface area contributed by atoms with Gasteiger partial charge in [0.2, 0.25) is 0 Å². The molecule has 23 heavy (non-hydrogen) atoms. The maximum absolute atomic E-state index is 12.4. The molecule has 1 fully saturated rings. The summed E-state index contributed by atoms with van der Waals surface area (Å²) in [5.41, 5.74) is 2.17. The molecular weight excluding hydrogens is 308 g/mol. The molecule has 4 unspecified atom stereocenters. The van der Waals surface area contributed by atoms with Crippen LogP contribution in [0.5, 0.6) is 0 Å². The Morgan fingerprint density at radius 1 is 1.26 bits per heavy atom. The molecule has 4 atom stereocenters. The first-order valence-electron chi connectivity index (χ1n) is 8.63. The molecule has 3 rings (SSSR count). The van der Waals surface area contributed by atoms with E-state index in [4.69, 9.17) is 0 Å². The molecule has 0 saturated heterocycles. The molecule has 0 spiro atoms. The molecule has 126 valence electrons. The summed E-state index contributed by atoms with van der Waals surface area (Å²) in [6.07, 6.45) is 4.74. The molecule has 2 aliphatic rings. The fourth-order valence-corrected chi connectivity index (χ4v) is 4.97. The first-order valence-corrected chi connectivity index (χ1v) is 9.68. The number of carbonyl (C=O) groups excluding carboxylic acids is 1. The van der Waals surface area contributed by atoms with E-state index in [1.54, 1.807) is 0 Å². The van der Waals surface area contributed by atoms with E-state index in [2.05, 4.69) is 17.6 Å². The summed E-state index contributed by atoms with van der Waals surface area (Å²) in [7, 11) is 0. The van der Waals surface area contributed by atoms with Gasteiger partial charge in [0.05, 0.1) is 12.1 Å². The lowest BCUT2D eigenvalue weighted by atomic mass is 9.95. The number of amides is 2. The van der Waals surface area contributed by atoms with Crippen molar-refractivity contribution in [2.45, 2.75) is 62.5 Å². The quantitative estimate of drug-likeness (QED) is 0.793. The van der Waals surface area contributed by atoms with E-state index in [0.717, 1.165) is 23.3 Å². The molecular formula is C18H26N2O2S. The molecule has 2 aliphatic carbocycles. The predicted octanol–water partition coefficient (Wildman–Crippen LogP) is 3.01. The molecule has 0 aromatic heterocycles. The van der Waals surface area contributed by atoms with Crippen molar-refractivity contribution in [2.75, 3.05) is 5.75 Å². The number of thioether (sulfide) groups is 1. The molecule has 1 aromatic carbocycles. The van der Waals surface area contributed by atoms with Crippen molar-refractivity contribution in [3.8, 4) is 0 Å². The minimum Gasteiger partial charge on any atom is -0.390 e. The Bertz CT molecular complexity index is 550. The number of fused-ring (bicyclic) bond motifs is 1. The van der Waals surface area contributed by atoms with Crippen LogP contribution in [0.2, 0.25) is 0 Å². The number of aliphatic hydroxyl groups is 1. The van der Waals surface area contributed by atoms with Gasteiger partial charge in [-0.3, -0.25) is 0 Å². The van der Waals surface area contributed by atoms with E-state index >= 15 is 0 Å². The van der Waals surface area contributed by atoms with E-state index in [-0.39, 0.29) is 18.1 Å². The average Bonchev–Trinajstić information content (AvgIpc) is 2.85. The first kappa shape index (κ1) is 16.7. The van der Waals surface area contributed by atoms with Crippen LogP contribution in [0.4, 0.5) is 4.79 Å². The second kappa shape index (κ2) is 7.58. The summed E-state index contributed by atoms with van der Waals surface area (Å²) in [4.78, 5) is 12.4. The van der Waals surface area contributed by atoms with Gasteiger partial charge in [-0.15, -0.1) is 0 Å². The van der Waals surface area contributed by atoms with Gasteiger partial charge < -0.3 is 15.7 Å². The standard InChI is InChI=1S/C18H26N2O2S/c1-2-23-16-10-6-5-9-14(16)19-18(22)20-17-13-8-4-3-7-12(13)11-15(17)21/h3-4,7-8,14-17,21H,2,5-6,9-11H2,1H3,(H2,19,20,22). The van der Waals surface area contributed by atoms with Gasteiger partial charge in [-0.25, -0.2) is 4.79 Å². The van der Waals surface area contributed by atoms with E-state index < -0.39 is 6.10 Å². The van der Waals surface area contributed by atoms with Gasteiger partial charge in [0.15, 0.2) is 0 Å². The molecule has 0 heterocycles. The summed E-state index contributed by atoms with van der Waals surface area (Å²) in [6.45, 7) is 2.17. The topological polar surface area (TPSA) is 61.4 Å². The maximum atomic E-state index is 12.4. The third-order valence-corrected chi connectivity index (χ3v) is 6.22. The summed E-state index contributed by atoms with van der Waals surface area (Å²) in [6, 6.07) is 7.73. The normalized spacial score (nSPS) is 29.8. The van der Waals surface area contributed by atoms with Crippen LogP contribution in [0.25, 0.3) is 0 Å². The van der Waals surface area contributed by atoms with Crippen LogP contribution in [-0.4, -0.2) is 34.3 Å². The number of hydrogen-bond donors (Lipinski definition) is 3. The van der Waals surface area contributed by atoms with Crippen LogP contribution in [-0.2, 0) is 6.42 Å². The van der Waals surface area contributed by atoms with Crippen molar-refractivity contribution >= 4 is 17.8 Å². The monoisotopic (exact) mass is 334 g/mol. The Hall–Kier alpha value is -1.20. The van der Waals surface area contributed by atoms with Gasteiger partial charge in [-0.1, -0.05) is 44.0 Å². The molecule has 5 heteroatoms. The minimum atomic E-state index is -0.537. The zero-order chi connectivity index (χ0) is 16.2. The van der Waals surface area contributed by atoms with Gasteiger partial charge in [0, 0.05) is 17.7 Å². The molecule has 0 bridgehead atoms. The Morgan fingerprint density at radius 3 is 2.87 bits per heavy atom. The van der Waals surface area contributed by atoms with E-state index in [9.17, 15) is 9.90 Å². The third-order valence-electron chi connectivity index (χ3n) is 4.89. The lowest BCUT2D eigenvalue weighted by Crippen LogP contribution is -2.49. The highest BCUT2D eigenvalue weighted by molar-refractivity contribution is 7.99. The Balaban J connectivity index is 1.61. The Kier molecular flexibility index (Phi) is 5.49. The van der Waals surface area contributed by atoms with Crippen LogP contribution in [0, 0.1) is 0 Å². The van der Waals surface area contributed by atoms with Crippen molar-refractivity contribution < 1.29 is 9.90 Å². The summed E-state index contributed by atoms with van der Waals surface area (Å²) in [5, 5.41) is 16.9. The number of aliphatic hydroxyl groups excluding tert-OH is 1. The lowest BCUT2D eigenvalue weighted by molar-refractivity contribution is 0.141. The highest BCUT2D eigenvalue weighted by Gasteiger charge is 2.33. The Morgan fingerprint density at radius 2 is 2.04 bits per heavy atom. The highest BCUT2D eigenvalue weighted by Crippen LogP contribution is 2.32. The van der Waals surface area contributed by atoms with Crippen molar-refractivity contribution in [1.29, 1.82) is 0 Å². The second-order valence-electron chi connectivity index (χ2n) is 6.45. The van der Waals surface area contributed by atoms with Gasteiger partial charge in [0.1, 0.15) is 0 Å². The lowest BCUT2D eigenvalue weighted by Gasteiger charge is -2.32. The second-order valence-corrected chi connectivity index (χ2v) is 7.97. The van der Waals surface area contributed by atoms with Crippen LogP contribution >= 0.6 is 11.8 Å². The molecule has 2 amide bonds. The number of nitrogens with one attached hydrogen (secondary N) is 2. The molecule has 3 N–H and O–H groups in total. The van der Waals surface area contributed by atoms with E-state index in [1.165, 1.54) is 19.3 Å². The molecule has 1 aromatic rings. The average molecular weight is 334 g/mol.